The first-order valence-corrected chi connectivity index (χ1v) is 14.3. The van der Waals surface area contributed by atoms with Gasteiger partial charge in [0, 0.05) is 28.0 Å². The molecule has 7 aromatic carbocycles. The summed E-state index contributed by atoms with van der Waals surface area (Å²) in [7, 11) is 0. The number of hydrogen-bond acceptors (Lipinski definition) is 2. The van der Waals surface area contributed by atoms with Crippen LogP contribution in [0.2, 0.25) is 0 Å². The molecule has 0 bridgehead atoms. The van der Waals surface area contributed by atoms with Crippen LogP contribution in [0.15, 0.2) is 168 Å². The van der Waals surface area contributed by atoms with E-state index in [1.807, 2.05) is 18.2 Å². The van der Waals surface area contributed by atoms with E-state index >= 15 is 0 Å². The zero-order valence-electron chi connectivity index (χ0n) is 22.9. The SMILES string of the molecule is c1ccc(N(c2ccc(-c3ccccc3-c3cc4ccccc4o3)cc2)c2ccc3c(ccc4ccccc43)c2)cc1. The minimum atomic E-state index is 0.880. The maximum absolute atomic E-state index is 6.25. The number of para-hydroxylation sites is 2. The van der Waals surface area contributed by atoms with Gasteiger partial charge < -0.3 is 9.32 Å². The summed E-state index contributed by atoms with van der Waals surface area (Å²) < 4.78 is 6.25. The lowest BCUT2D eigenvalue weighted by Gasteiger charge is -2.26. The molecular weight excluding hydrogens is 510 g/mol. The van der Waals surface area contributed by atoms with Crippen molar-refractivity contribution in [1.82, 2.24) is 0 Å². The molecule has 0 atom stereocenters. The Morgan fingerprint density at radius 1 is 0.381 bits per heavy atom. The Balaban J connectivity index is 1.21. The van der Waals surface area contributed by atoms with Gasteiger partial charge in [0.1, 0.15) is 11.3 Å². The first-order valence-electron chi connectivity index (χ1n) is 14.3. The van der Waals surface area contributed by atoms with Crippen LogP contribution in [0.3, 0.4) is 0 Å². The highest BCUT2D eigenvalue weighted by atomic mass is 16.3. The van der Waals surface area contributed by atoms with E-state index in [0.717, 1.165) is 50.5 Å². The molecule has 0 fully saturated rings. The largest absolute Gasteiger partial charge is 0.456 e. The number of nitrogens with zero attached hydrogens (tertiary/aromatic N) is 1. The van der Waals surface area contributed by atoms with Crippen LogP contribution in [0.4, 0.5) is 17.1 Å². The van der Waals surface area contributed by atoms with Gasteiger partial charge in [0.25, 0.3) is 0 Å². The van der Waals surface area contributed by atoms with Crippen molar-refractivity contribution in [1.29, 1.82) is 0 Å². The number of furan rings is 1. The average Bonchev–Trinajstić information content (AvgIpc) is 3.50. The van der Waals surface area contributed by atoms with Crippen molar-refractivity contribution in [3.63, 3.8) is 0 Å². The van der Waals surface area contributed by atoms with Crippen LogP contribution < -0.4 is 4.90 Å². The quantitative estimate of drug-likeness (QED) is 0.203. The van der Waals surface area contributed by atoms with Crippen LogP contribution in [-0.4, -0.2) is 0 Å². The highest BCUT2D eigenvalue weighted by Crippen LogP contribution is 2.40. The van der Waals surface area contributed by atoms with Crippen molar-refractivity contribution in [2.24, 2.45) is 0 Å². The summed E-state index contributed by atoms with van der Waals surface area (Å²) in [6.45, 7) is 0. The minimum Gasteiger partial charge on any atom is -0.456 e. The third kappa shape index (κ3) is 4.22. The summed E-state index contributed by atoms with van der Waals surface area (Å²) in [6, 6.07) is 57.9. The van der Waals surface area contributed by atoms with E-state index in [1.54, 1.807) is 0 Å². The Hall–Kier alpha value is -5.60. The van der Waals surface area contributed by atoms with Gasteiger partial charge in [0.2, 0.25) is 0 Å². The van der Waals surface area contributed by atoms with Gasteiger partial charge in [0.15, 0.2) is 0 Å². The molecule has 0 saturated heterocycles. The predicted octanol–water partition coefficient (Wildman–Crippen LogP) is 11.5. The highest BCUT2D eigenvalue weighted by molar-refractivity contribution is 6.08. The second-order valence-electron chi connectivity index (χ2n) is 10.6. The Morgan fingerprint density at radius 3 is 1.83 bits per heavy atom. The molecule has 198 valence electrons. The highest BCUT2D eigenvalue weighted by Gasteiger charge is 2.16. The van der Waals surface area contributed by atoms with Crippen LogP contribution >= 0.6 is 0 Å². The molecule has 0 unspecified atom stereocenters. The lowest BCUT2D eigenvalue weighted by atomic mass is 9.97. The zero-order chi connectivity index (χ0) is 27.9. The standard InChI is InChI=1S/C40H27NO/c1-2-12-32(13-3-1)41(34-24-25-37-30(26-34)19-18-28-10-4-6-14-35(28)37)33-22-20-29(21-23-33)36-15-7-8-16-38(36)40-27-31-11-5-9-17-39(31)42-40/h1-27H. The number of hydrogen-bond donors (Lipinski definition) is 0. The second-order valence-corrected chi connectivity index (χ2v) is 10.6. The van der Waals surface area contributed by atoms with Gasteiger partial charge in [-0.3, -0.25) is 0 Å². The van der Waals surface area contributed by atoms with Crippen LogP contribution in [0.25, 0.3) is 55.0 Å². The first-order chi connectivity index (χ1) is 20.8. The first kappa shape index (κ1) is 24.2. The van der Waals surface area contributed by atoms with Gasteiger partial charge in [-0.25, -0.2) is 0 Å². The molecule has 2 nitrogen and oxygen atoms in total. The average molecular weight is 538 g/mol. The molecule has 0 aliphatic rings. The molecule has 0 aliphatic heterocycles. The molecule has 0 radical (unpaired) electrons. The summed E-state index contributed by atoms with van der Waals surface area (Å²) in [6.07, 6.45) is 0. The molecule has 8 rings (SSSR count). The maximum Gasteiger partial charge on any atom is 0.136 e. The fourth-order valence-electron chi connectivity index (χ4n) is 6.02. The topological polar surface area (TPSA) is 16.4 Å². The molecule has 0 N–H and O–H groups in total. The van der Waals surface area contributed by atoms with E-state index in [-0.39, 0.29) is 0 Å². The van der Waals surface area contributed by atoms with E-state index in [0.29, 0.717) is 0 Å². The molecule has 1 heterocycles. The zero-order valence-corrected chi connectivity index (χ0v) is 22.9. The van der Waals surface area contributed by atoms with E-state index < -0.39 is 0 Å². The van der Waals surface area contributed by atoms with Gasteiger partial charge in [-0.15, -0.1) is 0 Å². The third-order valence-electron chi connectivity index (χ3n) is 8.06. The van der Waals surface area contributed by atoms with Gasteiger partial charge in [-0.05, 0) is 81.2 Å². The molecule has 2 heteroatoms. The lowest BCUT2D eigenvalue weighted by Crippen LogP contribution is -2.09. The third-order valence-corrected chi connectivity index (χ3v) is 8.06. The van der Waals surface area contributed by atoms with E-state index in [4.69, 9.17) is 4.42 Å². The van der Waals surface area contributed by atoms with Crippen molar-refractivity contribution in [2.75, 3.05) is 4.90 Å². The Bertz CT molecular complexity index is 2160. The number of benzene rings is 7. The second kappa shape index (κ2) is 10.1. The Morgan fingerprint density at radius 2 is 1.00 bits per heavy atom. The normalized spacial score (nSPS) is 11.3. The fraction of sp³-hybridized carbons (Fsp3) is 0. The summed E-state index contributed by atoms with van der Waals surface area (Å²) >= 11 is 0. The van der Waals surface area contributed by atoms with Gasteiger partial charge in [-0.1, -0.05) is 115 Å². The van der Waals surface area contributed by atoms with Crippen LogP contribution in [0.1, 0.15) is 0 Å². The van der Waals surface area contributed by atoms with Gasteiger partial charge >= 0.3 is 0 Å². The number of fused-ring (bicyclic) bond motifs is 4. The van der Waals surface area contributed by atoms with Gasteiger partial charge in [-0.2, -0.15) is 0 Å². The smallest absolute Gasteiger partial charge is 0.136 e. The molecule has 1 aromatic heterocycles. The molecule has 0 aliphatic carbocycles. The van der Waals surface area contributed by atoms with Crippen molar-refractivity contribution in [2.45, 2.75) is 0 Å². The van der Waals surface area contributed by atoms with Crippen molar-refractivity contribution >= 4 is 49.6 Å². The summed E-state index contributed by atoms with van der Waals surface area (Å²) in [4.78, 5) is 2.32. The fourth-order valence-corrected chi connectivity index (χ4v) is 6.02. The Kier molecular flexibility index (Phi) is 5.82. The van der Waals surface area contributed by atoms with E-state index in [2.05, 4.69) is 150 Å². The van der Waals surface area contributed by atoms with Crippen molar-refractivity contribution in [3.8, 4) is 22.5 Å². The molecule has 0 saturated carbocycles. The van der Waals surface area contributed by atoms with E-state index in [9.17, 15) is 0 Å². The lowest BCUT2D eigenvalue weighted by molar-refractivity contribution is 0.632. The number of anilines is 3. The van der Waals surface area contributed by atoms with Crippen LogP contribution in [0.5, 0.6) is 0 Å². The summed E-state index contributed by atoms with van der Waals surface area (Å²) in [5, 5.41) is 6.14. The minimum absolute atomic E-state index is 0.880. The molecule has 0 spiro atoms. The summed E-state index contributed by atoms with van der Waals surface area (Å²) in [5.74, 6) is 0.880. The molecule has 42 heavy (non-hydrogen) atoms. The molecular formula is C40H27NO. The van der Waals surface area contributed by atoms with Crippen molar-refractivity contribution in [3.05, 3.63) is 164 Å². The van der Waals surface area contributed by atoms with E-state index in [1.165, 1.54) is 21.5 Å². The maximum atomic E-state index is 6.25. The van der Waals surface area contributed by atoms with Gasteiger partial charge in [0.05, 0.1) is 0 Å². The van der Waals surface area contributed by atoms with Crippen LogP contribution in [-0.2, 0) is 0 Å². The van der Waals surface area contributed by atoms with Crippen molar-refractivity contribution < 1.29 is 4.42 Å². The monoisotopic (exact) mass is 537 g/mol. The molecule has 8 aromatic rings. The Labute approximate surface area is 244 Å². The molecule has 0 amide bonds. The van der Waals surface area contributed by atoms with Crippen LogP contribution in [0, 0.1) is 0 Å². The summed E-state index contributed by atoms with van der Waals surface area (Å²) in [5.41, 5.74) is 7.63. The predicted molar refractivity (Wildman–Crippen MR) is 177 cm³/mol. The number of rotatable bonds is 5.